The van der Waals surface area contributed by atoms with Gasteiger partial charge in [0.05, 0.1) is 33.8 Å². The van der Waals surface area contributed by atoms with Crippen LogP contribution in [0.1, 0.15) is 278 Å². The molecule has 1 amide bonds. The minimum atomic E-state index is -4.45. The van der Waals surface area contributed by atoms with Crippen molar-refractivity contribution in [2.24, 2.45) is 0 Å². The van der Waals surface area contributed by atoms with Gasteiger partial charge < -0.3 is 19.4 Å². The van der Waals surface area contributed by atoms with Crippen molar-refractivity contribution < 1.29 is 37.3 Å². The van der Waals surface area contributed by atoms with Crippen molar-refractivity contribution in [2.45, 2.75) is 290 Å². The molecule has 416 valence electrons. The highest BCUT2D eigenvalue weighted by Gasteiger charge is 2.30. The molecule has 0 fully saturated rings. The zero-order chi connectivity index (χ0) is 52.2. The minimum Gasteiger partial charge on any atom is -0.456 e. The Kier molecular flexibility index (Phi) is 50.0. The van der Waals surface area contributed by atoms with Crippen LogP contribution in [0.25, 0.3) is 0 Å². The predicted octanol–water partition coefficient (Wildman–Crippen LogP) is 18.1. The lowest BCUT2D eigenvalue weighted by Gasteiger charge is -2.27. The number of hydrogen-bond donors (Lipinski definition) is 2. The zero-order valence-electron chi connectivity index (χ0n) is 47.5. The summed E-state index contributed by atoms with van der Waals surface area (Å²) in [5.41, 5.74) is 0. The Hall–Kier alpha value is -2.03. The lowest BCUT2D eigenvalue weighted by atomic mass is 10.0. The van der Waals surface area contributed by atoms with Gasteiger partial charge in [-0.05, 0) is 63.9 Å². The number of nitrogens with one attached hydrogen (secondary N) is 1. The maximum absolute atomic E-state index is 13.5. The van der Waals surface area contributed by atoms with E-state index in [4.69, 9.17) is 13.8 Å². The minimum absolute atomic E-state index is 0.0364. The monoisotopic (exact) mass is 1020 g/mol. The number of phosphoric ester groups is 1. The van der Waals surface area contributed by atoms with Crippen LogP contribution < -0.4 is 5.32 Å². The fourth-order valence-corrected chi connectivity index (χ4v) is 9.40. The first-order valence-corrected chi connectivity index (χ1v) is 31.5. The maximum atomic E-state index is 13.5. The van der Waals surface area contributed by atoms with Gasteiger partial charge in [0.25, 0.3) is 0 Å². The molecule has 0 aliphatic rings. The lowest BCUT2D eigenvalue weighted by molar-refractivity contribution is -0.870. The van der Waals surface area contributed by atoms with Crippen molar-refractivity contribution in [3.05, 3.63) is 48.6 Å². The summed E-state index contributed by atoms with van der Waals surface area (Å²) >= 11 is 0. The Balaban J connectivity index is 5.27. The van der Waals surface area contributed by atoms with Gasteiger partial charge in [-0.15, -0.1) is 0 Å². The lowest BCUT2D eigenvalue weighted by Crippen LogP contribution is -2.47. The Morgan fingerprint density at radius 2 is 0.901 bits per heavy atom. The molecule has 3 unspecified atom stereocenters. The largest absolute Gasteiger partial charge is 0.472 e. The SMILES string of the molecule is CC/C=C/C/C=C/C/C=C/CCCCCCC(=O)NC(COP(=O)(O)OCC[N+](C)(C)C)C(/C=C/CCCCCCCCCCCC)OC(=O)CCCCCCCCCCCCCCCCCCCCC. The topological polar surface area (TPSA) is 111 Å². The number of nitrogens with zero attached hydrogens (tertiary/aromatic N) is 1. The molecule has 0 aliphatic heterocycles. The van der Waals surface area contributed by atoms with Crippen LogP contribution in [-0.2, 0) is 27.9 Å². The van der Waals surface area contributed by atoms with Crippen molar-refractivity contribution in [1.29, 1.82) is 0 Å². The van der Waals surface area contributed by atoms with E-state index in [-0.39, 0.29) is 25.1 Å². The summed E-state index contributed by atoms with van der Waals surface area (Å²) in [6.45, 7) is 6.90. The van der Waals surface area contributed by atoms with Gasteiger partial charge in [-0.2, -0.15) is 0 Å². The van der Waals surface area contributed by atoms with E-state index in [1.807, 2.05) is 33.3 Å². The van der Waals surface area contributed by atoms with E-state index < -0.39 is 20.0 Å². The van der Waals surface area contributed by atoms with E-state index in [1.54, 1.807) is 0 Å². The Morgan fingerprint density at radius 1 is 0.507 bits per heavy atom. The van der Waals surface area contributed by atoms with E-state index in [2.05, 4.69) is 62.5 Å². The number of esters is 1. The first kappa shape index (κ1) is 69.0. The molecule has 0 aromatic carbocycles. The van der Waals surface area contributed by atoms with Gasteiger partial charge >= 0.3 is 13.8 Å². The van der Waals surface area contributed by atoms with E-state index in [0.717, 1.165) is 89.9 Å². The number of allylic oxidation sites excluding steroid dienone is 7. The summed E-state index contributed by atoms with van der Waals surface area (Å²) < 4.78 is 30.6. The molecule has 10 heteroatoms. The van der Waals surface area contributed by atoms with Crippen molar-refractivity contribution in [3.63, 3.8) is 0 Å². The van der Waals surface area contributed by atoms with Gasteiger partial charge in [0, 0.05) is 12.8 Å². The second-order valence-corrected chi connectivity index (χ2v) is 23.0. The number of hydrogen-bond acceptors (Lipinski definition) is 6. The second-order valence-electron chi connectivity index (χ2n) is 21.5. The highest BCUT2D eigenvalue weighted by molar-refractivity contribution is 7.47. The molecule has 9 nitrogen and oxygen atoms in total. The number of ether oxygens (including phenoxy) is 1. The van der Waals surface area contributed by atoms with E-state index in [0.29, 0.717) is 23.9 Å². The molecule has 0 rings (SSSR count). The van der Waals surface area contributed by atoms with E-state index in [9.17, 15) is 19.0 Å². The molecule has 0 saturated carbocycles. The first-order valence-electron chi connectivity index (χ1n) is 30.0. The number of rotatable bonds is 54. The molecule has 3 atom stereocenters. The normalized spacial score (nSPS) is 14.1. The Bertz CT molecular complexity index is 1360. The number of carbonyl (C=O) groups excluding carboxylic acids is 2. The fourth-order valence-electron chi connectivity index (χ4n) is 8.66. The smallest absolute Gasteiger partial charge is 0.456 e. The highest BCUT2D eigenvalue weighted by atomic mass is 31.2. The average molecular weight is 1020 g/mol. The average Bonchev–Trinajstić information content (AvgIpc) is 3.33. The van der Waals surface area contributed by atoms with Gasteiger partial charge in [0.1, 0.15) is 19.3 Å². The summed E-state index contributed by atoms with van der Waals surface area (Å²) in [7, 11) is 1.49. The van der Waals surface area contributed by atoms with Gasteiger partial charge in [0.15, 0.2) is 0 Å². The number of phosphoric acid groups is 1. The van der Waals surface area contributed by atoms with Crippen molar-refractivity contribution in [1.82, 2.24) is 5.32 Å². The van der Waals surface area contributed by atoms with Crippen LogP contribution in [-0.4, -0.2) is 74.3 Å². The van der Waals surface area contributed by atoms with Gasteiger partial charge in [0.2, 0.25) is 5.91 Å². The molecule has 0 heterocycles. The van der Waals surface area contributed by atoms with Crippen LogP contribution in [0.4, 0.5) is 0 Å². The molecule has 0 radical (unpaired) electrons. The Labute approximate surface area is 439 Å². The molecule has 0 aromatic rings. The quantitative estimate of drug-likeness (QED) is 0.0205. The second kappa shape index (κ2) is 51.5. The standard InChI is InChI=1S/C61H115N2O7P/c1-7-10-13-16-19-22-25-28-30-31-32-33-34-36-39-42-45-48-51-54-61(65)70-59(52-49-46-43-40-37-27-24-21-18-15-12-9-3)58(57-69-71(66,67)68-56-55-63(4,5)6)62-60(64)53-50-47-44-41-38-35-29-26-23-20-17-14-11-8-2/h11,14,20,23,29,35,49,52,58-59H,7-10,12-13,15-19,21-22,24-28,30-34,36-48,50-51,53-57H2,1-6H3,(H-,62,64,66,67)/p+1/b14-11+,23-20+,35-29+,52-49+. The van der Waals surface area contributed by atoms with Crippen molar-refractivity contribution in [3.8, 4) is 0 Å². The Morgan fingerprint density at radius 3 is 1.35 bits per heavy atom. The predicted molar refractivity (Wildman–Crippen MR) is 305 cm³/mol. The molecular formula is C61H116N2O7P+. The summed E-state index contributed by atoms with van der Waals surface area (Å²) in [5.74, 6) is -0.522. The molecule has 0 aromatic heterocycles. The molecule has 0 aliphatic carbocycles. The number of quaternary nitrogens is 1. The fraction of sp³-hybridized carbons (Fsp3) is 0.836. The summed E-state index contributed by atoms with van der Waals surface area (Å²) in [4.78, 5) is 37.6. The molecular weight excluding hydrogens is 904 g/mol. The van der Waals surface area contributed by atoms with E-state index >= 15 is 0 Å². The molecule has 71 heavy (non-hydrogen) atoms. The van der Waals surface area contributed by atoms with Crippen LogP contribution in [0.3, 0.4) is 0 Å². The molecule has 0 spiro atoms. The summed E-state index contributed by atoms with van der Waals surface area (Å²) in [5, 5.41) is 3.04. The molecule has 0 bridgehead atoms. The van der Waals surface area contributed by atoms with Crippen LogP contribution in [0.15, 0.2) is 48.6 Å². The zero-order valence-corrected chi connectivity index (χ0v) is 48.4. The third kappa shape index (κ3) is 52.6. The maximum Gasteiger partial charge on any atom is 0.472 e. The molecule has 2 N–H and O–H groups in total. The van der Waals surface area contributed by atoms with Crippen molar-refractivity contribution >= 4 is 19.7 Å². The number of likely N-dealkylation sites (N-methyl/N-ethyl adjacent to an activating group) is 1. The third-order valence-corrected chi connectivity index (χ3v) is 14.3. The van der Waals surface area contributed by atoms with Crippen LogP contribution in [0.2, 0.25) is 0 Å². The van der Waals surface area contributed by atoms with Crippen LogP contribution >= 0.6 is 7.82 Å². The van der Waals surface area contributed by atoms with E-state index in [1.165, 1.54) is 154 Å². The highest BCUT2D eigenvalue weighted by Crippen LogP contribution is 2.43. The number of unbranched alkanes of at least 4 members (excludes halogenated alkanes) is 32. The van der Waals surface area contributed by atoms with Gasteiger partial charge in [-0.1, -0.05) is 250 Å². The van der Waals surface area contributed by atoms with Crippen LogP contribution in [0.5, 0.6) is 0 Å². The summed E-state index contributed by atoms with van der Waals surface area (Å²) in [6, 6.07) is -0.857. The first-order chi connectivity index (χ1) is 34.4. The van der Waals surface area contributed by atoms with Crippen LogP contribution in [0, 0.1) is 0 Å². The number of carbonyl (C=O) groups is 2. The van der Waals surface area contributed by atoms with Gasteiger partial charge in [-0.3, -0.25) is 18.6 Å². The van der Waals surface area contributed by atoms with Crippen molar-refractivity contribution in [2.75, 3.05) is 40.9 Å². The third-order valence-electron chi connectivity index (χ3n) is 13.3. The molecule has 0 saturated heterocycles. The summed E-state index contributed by atoms with van der Waals surface area (Å²) in [6.07, 6.45) is 62.5. The number of amides is 1. The van der Waals surface area contributed by atoms with Gasteiger partial charge in [-0.25, -0.2) is 4.57 Å².